The number of halogens is 1. The Morgan fingerprint density at radius 2 is 2.13 bits per heavy atom. The van der Waals surface area contributed by atoms with Crippen LogP contribution < -0.4 is 10.6 Å². The molecular weight excluding hydrogens is 525 g/mol. The summed E-state index contributed by atoms with van der Waals surface area (Å²) in [6, 6.07) is 0. The lowest BCUT2D eigenvalue weighted by Crippen LogP contribution is -2.39. The molecule has 1 aromatic rings. The molecule has 2 N–H and O–H groups in total. The molecule has 0 amide bonds. The van der Waals surface area contributed by atoms with Gasteiger partial charge < -0.3 is 20.1 Å². The van der Waals surface area contributed by atoms with Crippen molar-refractivity contribution in [2.24, 2.45) is 10.9 Å². The van der Waals surface area contributed by atoms with Crippen molar-refractivity contribution in [3.05, 3.63) is 16.1 Å². The third-order valence-electron chi connectivity index (χ3n) is 5.70. The van der Waals surface area contributed by atoms with Crippen molar-refractivity contribution in [2.45, 2.75) is 58.6 Å². The minimum absolute atomic E-state index is 0. The molecule has 0 radical (unpaired) electrons. The van der Waals surface area contributed by atoms with Crippen LogP contribution in [0.1, 0.15) is 50.2 Å². The van der Waals surface area contributed by atoms with E-state index >= 15 is 0 Å². The lowest BCUT2D eigenvalue weighted by Gasteiger charge is -2.30. The third-order valence-corrected chi connectivity index (χ3v) is 6.74. The Labute approximate surface area is 208 Å². The largest absolute Gasteiger partial charge is 0.379 e. The van der Waals surface area contributed by atoms with Gasteiger partial charge in [-0.2, -0.15) is 0 Å². The number of rotatable bonds is 11. The number of ether oxygens (including phenoxy) is 2. The van der Waals surface area contributed by atoms with Crippen LogP contribution in [0.2, 0.25) is 0 Å². The molecular formula is C22H40IN5O2S. The van der Waals surface area contributed by atoms with Gasteiger partial charge in [0.25, 0.3) is 0 Å². The van der Waals surface area contributed by atoms with Crippen molar-refractivity contribution in [2.75, 3.05) is 52.5 Å². The van der Waals surface area contributed by atoms with Crippen LogP contribution in [0.15, 0.2) is 10.4 Å². The van der Waals surface area contributed by atoms with Gasteiger partial charge >= 0.3 is 0 Å². The number of likely N-dealkylation sites (tertiary alicyclic amines) is 1. The van der Waals surface area contributed by atoms with E-state index in [-0.39, 0.29) is 24.0 Å². The van der Waals surface area contributed by atoms with E-state index in [1.807, 2.05) is 0 Å². The summed E-state index contributed by atoms with van der Waals surface area (Å²) in [5.41, 5.74) is 1.23. The second kappa shape index (κ2) is 15.4. The number of nitrogens with zero attached hydrogens (tertiary/aromatic N) is 3. The van der Waals surface area contributed by atoms with Crippen LogP contribution in [0, 0.1) is 5.92 Å². The predicted molar refractivity (Wildman–Crippen MR) is 139 cm³/mol. The molecule has 0 spiro atoms. The zero-order valence-corrected chi connectivity index (χ0v) is 22.3. The molecule has 7 nitrogen and oxygen atoms in total. The summed E-state index contributed by atoms with van der Waals surface area (Å²) in [6.07, 6.45) is 5.77. The van der Waals surface area contributed by atoms with E-state index in [1.54, 1.807) is 11.3 Å². The standard InChI is InChI=1S/C22H39N5O2S.HI/c1-3-21-26-19(17-30-21)15-27-10-6-18(7-11-27)14-25-22(23-4-2)24-9-5-12-29-20-8-13-28-16-20;/h17-18,20H,3-16H2,1-2H3,(H2,23,24,25);1H. The molecule has 2 saturated heterocycles. The maximum absolute atomic E-state index is 5.83. The Balaban J connectivity index is 0.00000341. The first-order chi connectivity index (χ1) is 14.8. The van der Waals surface area contributed by atoms with E-state index in [0.717, 1.165) is 84.3 Å². The maximum Gasteiger partial charge on any atom is 0.191 e. The van der Waals surface area contributed by atoms with Gasteiger partial charge in [0.1, 0.15) is 0 Å². The van der Waals surface area contributed by atoms with Gasteiger partial charge in [0.15, 0.2) is 5.96 Å². The van der Waals surface area contributed by atoms with E-state index < -0.39 is 0 Å². The molecule has 9 heteroatoms. The Morgan fingerprint density at radius 3 is 2.81 bits per heavy atom. The second-order valence-corrected chi connectivity index (χ2v) is 9.10. The summed E-state index contributed by atoms with van der Waals surface area (Å²) >= 11 is 1.79. The minimum atomic E-state index is 0. The molecule has 0 aliphatic carbocycles. The minimum Gasteiger partial charge on any atom is -0.379 e. The number of aromatic nitrogens is 1. The van der Waals surface area contributed by atoms with Gasteiger partial charge in [0.2, 0.25) is 0 Å². The lowest BCUT2D eigenvalue weighted by molar-refractivity contribution is 0.0420. The monoisotopic (exact) mass is 565 g/mol. The molecule has 3 rings (SSSR count). The number of aryl methyl sites for hydroxylation is 1. The molecule has 0 aromatic carbocycles. The molecule has 2 aliphatic rings. The van der Waals surface area contributed by atoms with Crippen LogP contribution in [0.25, 0.3) is 0 Å². The highest BCUT2D eigenvalue weighted by Gasteiger charge is 2.20. The van der Waals surface area contributed by atoms with E-state index in [2.05, 4.69) is 34.8 Å². The van der Waals surface area contributed by atoms with Gasteiger partial charge in [-0.15, -0.1) is 35.3 Å². The molecule has 1 aromatic heterocycles. The summed E-state index contributed by atoms with van der Waals surface area (Å²) in [4.78, 5) is 12.1. The van der Waals surface area contributed by atoms with Crippen LogP contribution in [0.4, 0.5) is 0 Å². The normalized spacial score (nSPS) is 20.6. The Hall–Kier alpha value is -0.490. The number of hydrogen-bond donors (Lipinski definition) is 2. The first-order valence-electron chi connectivity index (χ1n) is 11.6. The van der Waals surface area contributed by atoms with Crippen LogP contribution in [0.3, 0.4) is 0 Å². The van der Waals surface area contributed by atoms with Crippen molar-refractivity contribution < 1.29 is 9.47 Å². The lowest BCUT2D eigenvalue weighted by atomic mass is 9.97. The molecule has 2 aliphatic heterocycles. The highest BCUT2D eigenvalue weighted by molar-refractivity contribution is 14.0. The molecule has 1 unspecified atom stereocenters. The first-order valence-corrected chi connectivity index (χ1v) is 12.5. The predicted octanol–water partition coefficient (Wildman–Crippen LogP) is 3.29. The zero-order chi connectivity index (χ0) is 21.0. The number of guanidine groups is 1. The SMILES string of the molecule is CCNC(=NCC1CCN(Cc2csc(CC)n2)CC1)NCCCOC1CCOC1.I. The Kier molecular flexibility index (Phi) is 13.3. The average Bonchev–Trinajstić information content (AvgIpc) is 3.44. The van der Waals surface area contributed by atoms with Crippen LogP contribution >= 0.6 is 35.3 Å². The zero-order valence-electron chi connectivity index (χ0n) is 19.1. The quantitative estimate of drug-likeness (QED) is 0.186. The van der Waals surface area contributed by atoms with Crippen LogP contribution in [-0.4, -0.2) is 74.5 Å². The number of thiazole rings is 1. The molecule has 0 bridgehead atoms. The van der Waals surface area contributed by atoms with Gasteiger partial charge in [-0.3, -0.25) is 9.89 Å². The summed E-state index contributed by atoms with van der Waals surface area (Å²) in [5, 5.41) is 10.3. The van der Waals surface area contributed by atoms with Crippen molar-refractivity contribution in [1.82, 2.24) is 20.5 Å². The molecule has 178 valence electrons. The maximum atomic E-state index is 5.83. The number of aliphatic imine (C=N–C) groups is 1. The van der Waals surface area contributed by atoms with Crippen molar-refractivity contribution in [3.8, 4) is 0 Å². The van der Waals surface area contributed by atoms with Crippen molar-refractivity contribution >= 4 is 41.3 Å². The molecule has 3 heterocycles. The highest BCUT2D eigenvalue weighted by atomic mass is 127. The Morgan fingerprint density at radius 1 is 1.29 bits per heavy atom. The van der Waals surface area contributed by atoms with Crippen LogP contribution in [0.5, 0.6) is 0 Å². The molecule has 2 fully saturated rings. The second-order valence-electron chi connectivity index (χ2n) is 8.16. The van der Waals surface area contributed by atoms with E-state index in [0.29, 0.717) is 12.0 Å². The average molecular weight is 566 g/mol. The molecule has 1 atom stereocenters. The summed E-state index contributed by atoms with van der Waals surface area (Å²) in [5.74, 6) is 1.60. The Bertz CT molecular complexity index is 631. The van der Waals surface area contributed by atoms with Gasteiger partial charge in [0.05, 0.1) is 23.4 Å². The topological polar surface area (TPSA) is 71.0 Å². The molecule has 0 saturated carbocycles. The summed E-state index contributed by atoms with van der Waals surface area (Å²) < 4.78 is 11.2. The van der Waals surface area contributed by atoms with Gasteiger partial charge in [-0.1, -0.05) is 6.92 Å². The third kappa shape index (κ3) is 9.89. The fourth-order valence-corrected chi connectivity index (χ4v) is 4.61. The fourth-order valence-electron chi connectivity index (χ4n) is 3.88. The summed E-state index contributed by atoms with van der Waals surface area (Å²) in [6.45, 7) is 12.6. The molecule has 31 heavy (non-hydrogen) atoms. The van der Waals surface area contributed by atoms with Crippen molar-refractivity contribution in [1.29, 1.82) is 0 Å². The fraction of sp³-hybridized carbons (Fsp3) is 0.818. The smallest absolute Gasteiger partial charge is 0.191 e. The van der Waals surface area contributed by atoms with Gasteiger partial charge in [-0.05, 0) is 58.0 Å². The van der Waals surface area contributed by atoms with Gasteiger partial charge in [0, 0.05) is 44.8 Å². The van der Waals surface area contributed by atoms with Crippen LogP contribution in [-0.2, 0) is 22.4 Å². The summed E-state index contributed by atoms with van der Waals surface area (Å²) in [7, 11) is 0. The van der Waals surface area contributed by atoms with Gasteiger partial charge in [-0.25, -0.2) is 4.98 Å². The number of nitrogens with one attached hydrogen (secondary N) is 2. The van der Waals surface area contributed by atoms with E-state index in [4.69, 9.17) is 19.5 Å². The highest BCUT2D eigenvalue weighted by Crippen LogP contribution is 2.20. The van der Waals surface area contributed by atoms with Crippen molar-refractivity contribution in [3.63, 3.8) is 0 Å². The number of hydrogen-bond acceptors (Lipinski definition) is 6. The van der Waals surface area contributed by atoms with E-state index in [9.17, 15) is 0 Å². The number of piperidine rings is 1. The van der Waals surface area contributed by atoms with E-state index in [1.165, 1.54) is 23.5 Å². The first kappa shape index (κ1) is 26.8.